The topological polar surface area (TPSA) is 40.1 Å². The zero-order valence-electron chi connectivity index (χ0n) is 7.22. The van der Waals surface area contributed by atoms with Crippen LogP contribution in [-0.2, 0) is 4.79 Å². The van der Waals surface area contributed by atoms with Crippen LogP contribution < -0.4 is 24.0 Å². The number of Topliss-reactive ketones (excluding diaryl/α,β-unsaturated/α-hetero) is 1. The van der Waals surface area contributed by atoms with Gasteiger partial charge >= 0.3 is 18.9 Å². The number of ketones is 1. The summed E-state index contributed by atoms with van der Waals surface area (Å²) in [5.74, 6) is -1.53. The first-order chi connectivity index (χ1) is 5.61. The predicted molar refractivity (Wildman–Crippen MR) is 34.3 cm³/mol. The van der Waals surface area contributed by atoms with Gasteiger partial charge in [0.2, 0.25) is 0 Å². The fourth-order valence-corrected chi connectivity index (χ4v) is 1.82. The van der Waals surface area contributed by atoms with Gasteiger partial charge in [0.05, 0.1) is 0 Å². The Morgan fingerprint density at radius 1 is 1.54 bits per heavy atom. The van der Waals surface area contributed by atoms with Crippen LogP contribution in [0.1, 0.15) is 12.8 Å². The molecule has 0 aliphatic heterocycles. The first-order valence-electron chi connectivity index (χ1n) is 3.83. The molecule has 2 saturated carbocycles. The summed E-state index contributed by atoms with van der Waals surface area (Å²) in [5.41, 5.74) is -0.116. The van der Waals surface area contributed by atoms with Crippen molar-refractivity contribution in [2.75, 3.05) is 0 Å². The molecule has 0 heterocycles. The van der Waals surface area contributed by atoms with E-state index < -0.39 is 12.2 Å². The third kappa shape index (κ3) is 1.66. The molecule has 2 unspecified atom stereocenters. The normalized spacial score (nSPS) is 34.2. The molecular weight excluding hydrogens is 173 g/mol. The molecular formula is C8H7F2LiO2. The van der Waals surface area contributed by atoms with E-state index in [1.807, 2.05) is 0 Å². The third-order valence-corrected chi connectivity index (χ3v) is 2.51. The second-order valence-corrected chi connectivity index (χ2v) is 3.31. The summed E-state index contributed by atoms with van der Waals surface area (Å²) in [4.78, 5) is 11.0. The van der Waals surface area contributed by atoms with Crippen molar-refractivity contribution in [1.82, 2.24) is 0 Å². The van der Waals surface area contributed by atoms with Gasteiger partial charge < -0.3 is 5.11 Å². The minimum Gasteiger partial charge on any atom is -0.871 e. The summed E-state index contributed by atoms with van der Waals surface area (Å²) in [6.07, 6.45) is -1.96. The average Bonchev–Trinajstić information content (AvgIpc) is 2.62. The van der Waals surface area contributed by atoms with Gasteiger partial charge in [-0.25, -0.2) is 8.78 Å². The summed E-state index contributed by atoms with van der Waals surface area (Å²) in [6.45, 7) is 0. The van der Waals surface area contributed by atoms with Crippen LogP contribution in [0.5, 0.6) is 0 Å². The Kier molecular flexibility index (Phi) is 2.84. The maximum Gasteiger partial charge on any atom is 1.00 e. The number of carbonyl (C=O) groups excluding carboxylic acids is 1. The van der Waals surface area contributed by atoms with Crippen LogP contribution in [0.2, 0.25) is 0 Å². The van der Waals surface area contributed by atoms with E-state index in [4.69, 9.17) is 0 Å². The minimum absolute atomic E-state index is 0. The summed E-state index contributed by atoms with van der Waals surface area (Å²) in [7, 11) is 0. The average molecular weight is 180 g/mol. The fourth-order valence-electron chi connectivity index (χ4n) is 1.82. The predicted octanol–water partition coefficient (Wildman–Crippen LogP) is -2.52. The molecule has 2 rings (SSSR count). The summed E-state index contributed by atoms with van der Waals surface area (Å²) < 4.78 is 23.8. The Morgan fingerprint density at radius 3 is 2.54 bits per heavy atom. The van der Waals surface area contributed by atoms with E-state index in [9.17, 15) is 18.7 Å². The van der Waals surface area contributed by atoms with Crippen LogP contribution in [0.25, 0.3) is 0 Å². The van der Waals surface area contributed by atoms with Gasteiger partial charge in [0.15, 0.2) is 5.78 Å². The van der Waals surface area contributed by atoms with Crippen molar-refractivity contribution in [3.63, 3.8) is 0 Å². The first kappa shape index (κ1) is 10.7. The second-order valence-electron chi connectivity index (χ2n) is 3.31. The summed E-state index contributed by atoms with van der Waals surface area (Å²) in [6, 6.07) is 0. The Bertz CT molecular complexity index is 275. The number of alkyl halides is 2. The molecule has 13 heavy (non-hydrogen) atoms. The monoisotopic (exact) mass is 180 g/mol. The quantitative estimate of drug-likeness (QED) is 0.254. The number of fused-ring (bicyclic) bond motifs is 1. The van der Waals surface area contributed by atoms with Crippen molar-refractivity contribution in [3.05, 3.63) is 11.3 Å². The number of halogens is 2. The smallest absolute Gasteiger partial charge is 0.871 e. The standard InChI is InChI=1S/C8H8F2O2.Li/c9-8(10)7(12)6-4-1-3(4)2-5(6)11;/h3-4,8,12H,1-2H2;/q;+1/p-1. The van der Waals surface area contributed by atoms with E-state index in [2.05, 4.69) is 0 Å². The molecule has 0 aromatic heterocycles. The van der Waals surface area contributed by atoms with Gasteiger partial charge in [-0.1, -0.05) is 5.76 Å². The fraction of sp³-hybridized carbons (Fsp3) is 0.625. The van der Waals surface area contributed by atoms with Crippen LogP contribution in [0, 0.1) is 11.8 Å². The molecule has 0 aromatic rings. The molecule has 66 valence electrons. The van der Waals surface area contributed by atoms with Gasteiger partial charge in [-0.3, -0.25) is 4.79 Å². The van der Waals surface area contributed by atoms with Gasteiger partial charge in [-0.05, 0) is 23.8 Å². The molecule has 0 spiro atoms. The van der Waals surface area contributed by atoms with Crippen LogP contribution in [0.4, 0.5) is 8.78 Å². The second kappa shape index (κ2) is 3.43. The van der Waals surface area contributed by atoms with Gasteiger partial charge in [0.25, 0.3) is 6.43 Å². The molecule has 2 aliphatic rings. The molecule has 0 aromatic carbocycles. The van der Waals surface area contributed by atoms with Crippen molar-refractivity contribution in [1.29, 1.82) is 0 Å². The van der Waals surface area contributed by atoms with Crippen LogP contribution in [0.15, 0.2) is 11.3 Å². The molecule has 0 bridgehead atoms. The van der Waals surface area contributed by atoms with Crippen molar-refractivity contribution < 1.29 is 37.5 Å². The SMILES string of the molecule is O=C1CC2CC2C1=C([O-])C(F)F.[Li+]. The summed E-state index contributed by atoms with van der Waals surface area (Å²) >= 11 is 0. The van der Waals surface area contributed by atoms with E-state index in [-0.39, 0.29) is 42.1 Å². The van der Waals surface area contributed by atoms with E-state index in [0.717, 1.165) is 6.42 Å². The molecule has 2 aliphatic carbocycles. The molecule has 0 saturated heterocycles. The number of rotatable bonds is 1. The van der Waals surface area contributed by atoms with Crippen molar-refractivity contribution in [2.45, 2.75) is 19.3 Å². The Labute approximate surface area is 86.2 Å². The molecule has 2 nitrogen and oxygen atoms in total. The zero-order chi connectivity index (χ0) is 8.88. The Balaban J connectivity index is 0.000000845. The van der Waals surface area contributed by atoms with Crippen molar-refractivity contribution in [3.8, 4) is 0 Å². The van der Waals surface area contributed by atoms with E-state index in [1.165, 1.54) is 0 Å². The minimum atomic E-state index is -3.01. The number of hydrogen-bond donors (Lipinski definition) is 0. The molecule has 0 amide bonds. The molecule has 5 heteroatoms. The van der Waals surface area contributed by atoms with E-state index >= 15 is 0 Å². The van der Waals surface area contributed by atoms with Gasteiger partial charge in [-0.15, -0.1) is 0 Å². The summed E-state index contributed by atoms with van der Waals surface area (Å²) in [5, 5.41) is 10.8. The largest absolute Gasteiger partial charge is 1.00 e. The molecule has 0 N–H and O–H groups in total. The molecule has 0 radical (unpaired) electrons. The van der Waals surface area contributed by atoms with E-state index in [0.29, 0.717) is 6.42 Å². The molecule has 2 atom stereocenters. The van der Waals surface area contributed by atoms with Crippen molar-refractivity contribution in [2.24, 2.45) is 11.8 Å². The van der Waals surface area contributed by atoms with Crippen LogP contribution >= 0.6 is 0 Å². The Morgan fingerprint density at radius 2 is 2.15 bits per heavy atom. The van der Waals surface area contributed by atoms with Gasteiger partial charge in [-0.2, -0.15) is 0 Å². The number of hydrogen-bond acceptors (Lipinski definition) is 2. The van der Waals surface area contributed by atoms with Gasteiger partial charge in [0, 0.05) is 6.42 Å². The van der Waals surface area contributed by atoms with Crippen LogP contribution in [-0.4, -0.2) is 12.2 Å². The van der Waals surface area contributed by atoms with E-state index in [1.54, 1.807) is 0 Å². The van der Waals surface area contributed by atoms with Crippen molar-refractivity contribution >= 4 is 5.78 Å². The van der Waals surface area contributed by atoms with Crippen LogP contribution in [0.3, 0.4) is 0 Å². The maximum atomic E-state index is 11.9. The number of carbonyl (C=O) groups is 1. The van der Waals surface area contributed by atoms with Gasteiger partial charge in [0.1, 0.15) is 0 Å². The molecule has 2 fully saturated rings. The third-order valence-electron chi connectivity index (χ3n) is 2.51. The number of allylic oxidation sites excluding steroid dienone is 2. The maximum absolute atomic E-state index is 11.9. The first-order valence-corrected chi connectivity index (χ1v) is 3.83. The Hall–Kier alpha value is -0.333. The zero-order valence-corrected chi connectivity index (χ0v) is 7.22.